The van der Waals surface area contributed by atoms with Crippen LogP contribution in [0.5, 0.6) is 0 Å². The molecule has 0 bridgehead atoms. The van der Waals surface area contributed by atoms with E-state index < -0.39 is 5.97 Å². The number of aromatic carboxylic acids is 1. The largest absolute Gasteiger partial charge is 0.477 e. The molecule has 0 saturated heterocycles. The lowest BCUT2D eigenvalue weighted by molar-refractivity contribution is 0.0691. The van der Waals surface area contributed by atoms with Crippen molar-refractivity contribution in [3.05, 3.63) is 36.0 Å². The molecule has 1 aromatic heterocycles. The SMILES string of the molecule is CC1CCCC(Nc2nc(C(=O)O)cc3ccccc23)C1. The molecule has 110 valence electrons. The molecular formula is C17H20N2O2. The summed E-state index contributed by atoms with van der Waals surface area (Å²) in [6.45, 7) is 2.27. The van der Waals surface area contributed by atoms with Crippen LogP contribution in [0.25, 0.3) is 10.8 Å². The number of nitrogens with zero attached hydrogens (tertiary/aromatic N) is 1. The third kappa shape index (κ3) is 2.99. The van der Waals surface area contributed by atoms with Crippen LogP contribution in [0, 0.1) is 5.92 Å². The Hall–Kier alpha value is -2.10. The maximum Gasteiger partial charge on any atom is 0.354 e. The van der Waals surface area contributed by atoms with Crippen molar-refractivity contribution in [3.8, 4) is 0 Å². The van der Waals surface area contributed by atoms with Gasteiger partial charge in [-0.15, -0.1) is 0 Å². The Bertz CT molecular complexity index is 669. The first kappa shape index (κ1) is 13.9. The molecule has 4 nitrogen and oxygen atoms in total. The minimum atomic E-state index is -0.985. The highest BCUT2D eigenvalue weighted by Crippen LogP contribution is 2.29. The Morgan fingerprint density at radius 1 is 1.33 bits per heavy atom. The molecule has 1 heterocycles. The molecule has 1 saturated carbocycles. The van der Waals surface area contributed by atoms with E-state index in [0.29, 0.717) is 17.8 Å². The molecule has 4 heteroatoms. The van der Waals surface area contributed by atoms with Gasteiger partial charge in [-0.3, -0.25) is 0 Å². The van der Waals surface area contributed by atoms with Crippen molar-refractivity contribution in [2.24, 2.45) is 5.92 Å². The molecule has 1 aliphatic carbocycles. The van der Waals surface area contributed by atoms with E-state index in [0.717, 1.165) is 23.6 Å². The fraction of sp³-hybridized carbons (Fsp3) is 0.412. The molecule has 21 heavy (non-hydrogen) atoms. The van der Waals surface area contributed by atoms with Crippen LogP contribution in [-0.2, 0) is 0 Å². The van der Waals surface area contributed by atoms with Gasteiger partial charge < -0.3 is 10.4 Å². The van der Waals surface area contributed by atoms with Crippen LogP contribution >= 0.6 is 0 Å². The third-order valence-electron chi connectivity index (χ3n) is 4.24. The van der Waals surface area contributed by atoms with Gasteiger partial charge in [0, 0.05) is 11.4 Å². The van der Waals surface area contributed by atoms with Crippen molar-refractivity contribution < 1.29 is 9.90 Å². The minimum absolute atomic E-state index is 0.0973. The van der Waals surface area contributed by atoms with E-state index in [9.17, 15) is 9.90 Å². The zero-order chi connectivity index (χ0) is 14.8. The van der Waals surface area contributed by atoms with Gasteiger partial charge in [-0.25, -0.2) is 9.78 Å². The quantitative estimate of drug-likeness (QED) is 0.896. The van der Waals surface area contributed by atoms with Crippen molar-refractivity contribution in [2.45, 2.75) is 38.6 Å². The number of hydrogen-bond donors (Lipinski definition) is 2. The maximum atomic E-state index is 11.3. The summed E-state index contributed by atoms with van der Waals surface area (Å²) >= 11 is 0. The summed E-state index contributed by atoms with van der Waals surface area (Å²) in [6, 6.07) is 9.81. The van der Waals surface area contributed by atoms with Crippen molar-refractivity contribution in [1.29, 1.82) is 0 Å². The fourth-order valence-corrected chi connectivity index (χ4v) is 3.18. The number of nitrogens with one attached hydrogen (secondary N) is 1. The van der Waals surface area contributed by atoms with Gasteiger partial charge in [-0.2, -0.15) is 0 Å². The van der Waals surface area contributed by atoms with Crippen molar-refractivity contribution in [3.63, 3.8) is 0 Å². The number of hydrogen-bond acceptors (Lipinski definition) is 3. The van der Waals surface area contributed by atoms with Crippen LogP contribution in [0.15, 0.2) is 30.3 Å². The maximum absolute atomic E-state index is 11.3. The summed E-state index contributed by atoms with van der Waals surface area (Å²) < 4.78 is 0. The topological polar surface area (TPSA) is 62.2 Å². The highest BCUT2D eigenvalue weighted by atomic mass is 16.4. The molecule has 1 aliphatic rings. The van der Waals surface area contributed by atoms with E-state index in [2.05, 4.69) is 17.2 Å². The number of fused-ring (bicyclic) bond motifs is 1. The van der Waals surface area contributed by atoms with Gasteiger partial charge in [0.1, 0.15) is 5.82 Å². The number of rotatable bonds is 3. The number of pyridine rings is 1. The van der Waals surface area contributed by atoms with Crippen LogP contribution < -0.4 is 5.32 Å². The van der Waals surface area contributed by atoms with E-state index >= 15 is 0 Å². The standard InChI is InChI=1S/C17H20N2O2/c1-11-5-4-7-13(9-11)18-16-14-8-3-2-6-12(14)10-15(19-16)17(20)21/h2-3,6,8,10-11,13H,4-5,7,9H2,1H3,(H,18,19)(H,20,21). The van der Waals surface area contributed by atoms with E-state index in [4.69, 9.17) is 0 Å². The number of anilines is 1. The van der Waals surface area contributed by atoms with Crippen LogP contribution in [0.3, 0.4) is 0 Å². The highest BCUT2D eigenvalue weighted by Gasteiger charge is 2.20. The first-order valence-corrected chi connectivity index (χ1v) is 7.53. The summed E-state index contributed by atoms with van der Waals surface area (Å²) in [4.78, 5) is 15.6. The van der Waals surface area contributed by atoms with Gasteiger partial charge in [-0.05, 0) is 30.2 Å². The average molecular weight is 284 g/mol. The second kappa shape index (κ2) is 5.72. The van der Waals surface area contributed by atoms with Gasteiger partial charge in [0.05, 0.1) is 0 Å². The Kier molecular flexibility index (Phi) is 3.78. The van der Waals surface area contributed by atoms with E-state index in [1.165, 1.54) is 12.8 Å². The van der Waals surface area contributed by atoms with Crippen molar-refractivity contribution in [2.75, 3.05) is 5.32 Å². The lowest BCUT2D eigenvalue weighted by atomic mass is 9.87. The van der Waals surface area contributed by atoms with Crippen molar-refractivity contribution >= 4 is 22.6 Å². The van der Waals surface area contributed by atoms with Gasteiger partial charge in [0.2, 0.25) is 0 Å². The Balaban J connectivity index is 1.97. The van der Waals surface area contributed by atoms with Gasteiger partial charge >= 0.3 is 5.97 Å². The first-order chi connectivity index (χ1) is 10.1. The smallest absolute Gasteiger partial charge is 0.354 e. The number of carboxylic acids is 1. The second-order valence-corrected chi connectivity index (χ2v) is 6.00. The number of aromatic nitrogens is 1. The zero-order valence-corrected chi connectivity index (χ0v) is 12.2. The van der Waals surface area contributed by atoms with Crippen LogP contribution in [0.4, 0.5) is 5.82 Å². The monoisotopic (exact) mass is 284 g/mol. The molecule has 2 N–H and O–H groups in total. The van der Waals surface area contributed by atoms with E-state index in [1.54, 1.807) is 6.07 Å². The molecule has 0 amide bonds. The third-order valence-corrected chi connectivity index (χ3v) is 4.24. The van der Waals surface area contributed by atoms with Crippen LogP contribution in [-0.4, -0.2) is 22.1 Å². The fourth-order valence-electron chi connectivity index (χ4n) is 3.18. The normalized spacial score (nSPS) is 22.1. The second-order valence-electron chi connectivity index (χ2n) is 6.00. The average Bonchev–Trinajstić information content (AvgIpc) is 2.47. The summed E-state index contributed by atoms with van der Waals surface area (Å²) in [5.74, 6) is 0.426. The molecule has 0 spiro atoms. The number of carboxylic acid groups (broad SMARTS) is 1. The molecule has 0 radical (unpaired) electrons. The molecule has 3 rings (SSSR count). The van der Waals surface area contributed by atoms with Crippen molar-refractivity contribution in [1.82, 2.24) is 4.98 Å². The lowest BCUT2D eigenvalue weighted by Crippen LogP contribution is -2.27. The highest BCUT2D eigenvalue weighted by molar-refractivity contribution is 5.97. The first-order valence-electron chi connectivity index (χ1n) is 7.53. The number of benzene rings is 1. The van der Waals surface area contributed by atoms with Crippen LogP contribution in [0.2, 0.25) is 0 Å². The zero-order valence-electron chi connectivity index (χ0n) is 12.2. The summed E-state index contributed by atoms with van der Waals surface area (Å²) in [5.41, 5.74) is 0.0973. The predicted molar refractivity (Wildman–Crippen MR) is 83.7 cm³/mol. The molecule has 2 unspecified atom stereocenters. The summed E-state index contributed by atoms with van der Waals surface area (Å²) in [6.07, 6.45) is 4.74. The number of carbonyl (C=O) groups is 1. The van der Waals surface area contributed by atoms with Gasteiger partial charge in [-0.1, -0.05) is 44.0 Å². The Morgan fingerprint density at radius 3 is 2.90 bits per heavy atom. The Labute approximate surface area is 124 Å². The Morgan fingerprint density at radius 2 is 2.14 bits per heavy atom. The molecular weight excluding hydrogens is 264 g/mol. The van der Waals surface area contributed by atoms with Gasteiger partial charge in [0.15, 0.2) is 5.69 Å². The molecule has 2 atom stereocenters. The van der Waals surface area contributed by atoms with Gasteiger partial charge in [0.25, 0.3) is 0 Å². The molecule has 1 aromatic carbocycles. The lowest BCUT2D eigenvalue weighted by Gasteiger charge is -2.28. The molecule has 0 aliphatic heterocycles. The molecule has 2 aromatic rings. The predicted octanol–water partition coefficient (Wildman–Crippen LogP) is 3.92. The summed E-state index contributed by atoms with van der Waals surface area (Å²) in [5, 5.41) is 14.6. The molecule has 1 fully saturated rings. The van der Waals surface area contributed by atoms with Crippen LogP contribution in [0.1, 0.15) is 43.1 Å². The van der Waals surface area contributed by atoms with E-state index in [-0.39, 0.29) is 5.69 Å². The summed E-state index contributed by atoms with van der Waals surface area (Å²) in [7, 11) is 0. The van der Waals surface area contributed by atoms with E-state index in [1.807, 2.05) is 24.3 Å². The minimum Gasteiger partial charge on any atom is -0.477 e.